The highest BCUT2D eigenvalue weighted by Gasteiger charge is 2.29. The van der Waals surface area contributed by atoms with Crippen molar-refractivity contribution in [3.05, 3.63) is 29.3 Å². The molecule has 0 spiro atoms. The average molecular weight is 277 g/mol. The Labute approximate surface area is 122 Å². The summed E-state index contributed by atoms with van der Waals surface area (Å²) in [5.74, 6) is 0.873. The highest BCUT2D eigenvalue weighted by atomic mass is 32.2. The number of hydrogen-bond donors (Lipinski definition) is 1. The van der Waals surface area contributed by atoms with Crippen molar-refractivity contribution in [1.82, 2.24) is 5.32 Å². The first kappa shape index (κ1) is 14.9. The molecule has 1 aromatic rings. The van der Waals surface area contributed by atoms with Crippen LogP contribution in [0.3, 0.4) is 0 Å². The first-order valence-electron chi connectivity index (χ1n) is 7.57. The van der Waals surface area contributed by atoms with E-state index < -0.39 is 0 Å². The van der Waals surface area contributed by atoms with Crippen molar-refractivity contribution in [1.29, 1.82) is 0 Å². The van der Waals surface area contributed by atoms with Gasteiger partial charge in [0.25, 0.3) is 0 Å². The molecule has 1 aliphatic carbocycles. The van der Waals surface area contributed by atoms with Crippen molar-refractivity contribution in [2.45, 2.75) is 63.1 Å². The second-order valence-electron chi connectivity index (χ2n) is 6.01. The molecule has 1 nitrogen and oxygen atoms in total. The molecule has 1 aliphatic rings. The van der Waals surface area contributed by atoms with Gasteiger partial charge in [0.1, 0.15) is 0 Å². The van der Waals surface area contributed by atoms with Crippen LogP contribution in [0.4, 0.5) is 0 Å². The summed E-state index contributed by atoms with van der Waals surface area (Å²) in [5.41, 5.74) is 2.79. The van der Waals surface area contributed by atoms with Gasteiger partial charge in [-0.2, -0.15) is 0 Å². The molecule has 0 radical (unpaired) electrons. The lowest BCUT2D eigenvalue weighted by molar-refractivity contribution is 0.320. The first-order chi connectivity index (χ1) is 9.10. The van der Waals surface area contributed by atoms with Gasteiger partial charge in [0, 0.05) is 16.2 Å². The Morgan fingerprint density at radius 1 is 1.26 bits per heavy atom. The van der Waals surface area contributed by atoms with Gasteiger partial charge in [-0.25, -0.2) is 0 Å². The SMILES string of the molecule is CCNC1CCC(C)CC1Sc1ccc(C)cc1C. The van der Waals surface area contributed by atoms with Gasteiger partial charge < -0.3 is 5.32 Å². The fourth-order valence-corrected chi connectivity index (χ4v) is 4.59. The molecule has 0 aromatic heterocycles. The Bertz CT molecular complexity index is 416. The van der Waals surface area contributed by atoms with E-state index in [-0.39, 0.29) is 0 Å². The Kier molecular flexibility index (Phi) is 5.35. The monoisotopic (exact) mass is 277 g/mol. The van der Waals surface area contributed by atoms with E-state index in [4.69, 9.17) is 0 Å². The topological polar surface area (TPSA) is 12.0 Å². The number of aryl methyl sites for hydroxylation is 2. The van der Waals surface area contributed by atoms with Gasteiger partial charge in [-0.1, -0.05) is 31.5 Å². The summed E-state index contributed by atoms with van der Waals surface area (Å²) in [7, 11) is 0. The van der Waals surface area contributed by atoms with Crippen LogP contribution >= 0.6 is 11.8 Å². The van der Waals surface area contributed by atoms with Crippen molar-refractivity contribution in [3.8, 4) is 0 Å². The van der Waals surface area contributed by atoms with Crippen molar-refractivity contribution in [2.24, 2.45) is 5.92 Å². The summed E-state index contributed by atoms with van der Waals surface area (Å²) < 4.78 is 0. The van der Waals surface area contributed by atoms with Crippen molar-refractivity contribution >= 4 is 11.8 Å². The van der Waals surface area contributed by atoms with E-state index in [1.165, 1.54) is 35.3 Å². The van der Waals surface area contributed by atoms with E-state index in [1.54, 1.807) is 0 Å². The summed E-state index contributed by atoms with van der Waals surface area (Å²) in [4.78, 5) is 1.47. The molecule has 0 heterocycles. The summed E-state index contributed by atoms with van der Waals surface area (Å²) in [6.45, 7) is 10.1. The number of thioether (sulfide) groups is 1. The molecule has 0 aliphatic heterocycles. The number of rotatable bonds is 4. The lowest BCUT2D eigenvalue weighted by Crippen LogP contribution is -2.42. The largest absolute Gasteiger partial charge is 0.313 e. The summed E-state index contributed by atoms with van der Waals surface area (Å²) in [5, 5.41) is 4.41. The zero-order valence-electron chi connectivity index (χ0n) is 12.7. The number of nitrogens with one attached hydrogen (secondary N) is 1. The standard InChI is InChI=1S/C17H27NS/c1-5-18-15-8-6-13(3)11-17(15)19-16-9-7-12(2)10-14(16)4/h7,9-10,13,15,17-18H,5-6,8,11H2,1-4H3. The number of benzene rings is 1. The molecular weight excluding hydrogens is 250 g/mol. The van der Waals surface area contributed by atoms with Crippen molar-refractivity contribution < 1.29 is 0 Å². The molecule has 0 saturated heterocycles. The minimum absolute atomic E-state index is 0.687. The highest BCUT2D eigenvalue weighted by molar-refractivity contribution is 8.00. The van der Waals surface area contributed by atoms with Gasteiger partial charge in [0.05, 0.1) is 0 Å². The Balaban J connectivity index is 2.09. The van der Waals surface area contributed by atoms with E-state index in [0.717, 1.165) is 17.7 Å². The third kappa shape index (κ3) is 4.00. The molecule has 2 rings (SSSR count). The fraction of sp³-hybridized carbons (Fsp3) is 0.647. The molecule has 3 unspecified atom stereocenters. The molecule has 1 N–H and O–H groups in total. The van der Waals surface area contributed by atoms with E-state index in [2.05, 4.69) is 63.0 Å². The molecule has 19 heavy (non-hydrogen) atoms. The van der Waals surface area contributed by atoms with Gasteiger partial charge in [-0.05, 0) is 57.2 Å². The molecule has 0 amide bonds. The lowest BCUT2D eigenvalue weighted by Gasteiger charge is -2.35. The maximum atomic E-state index is 3.69. The summed E-state index contributed by atoms with van der Waals surface area (Å²) in [6.07, 6.45) is 4.05. The quantitative estimate of drug-likeness (QED) is 0.865. The normalized spacial score (nSPS) is 27.5. The van der Waals surface area contributed by atoms with E-state index in [0.29, 0.717) is 6.04 Å². The second kappa shape index (κ2) is 6.81. The minimum Gasteiger partial charge on any atom is -0.313 e. The van der Waals surface area contributed by atoms with Gasteiger partial charge in [0.15, 0.2) is 0 Å². The molecule has 3 atom stereocenters. The van der Waals surface area contributed by atoms with Gasteiger partial charge >= 0.3 is 0 Å². The Morgan fingerprint density at radius 2 is 2.05 bits per heavy atom. The fourth-order valence-electron chi connectivity index (χ4n) is 3.05. The third-order valence-corrected chi connectivity index (χ3v) is 5.66. The van der Waals surface area contributed by atoms with Crippen molar-refractivity contribution in [3.63, 3.8) is 0 Å². The highest BCUT2D eigenvalue weighted by Crippen LogP contribution is 2.37. The van der Waals surface area contributed by atoms with Crippen LogP contribution in [0.5, 0.6) is 0 Å². The van der Waals surface area contributed by atoms with Crippen molar-refractivity contribution in [2.75, 3.05) is 6.54 Å². The maximum Gasteiger partial charge on any atom is 0.0251 e. The van der Waals surface area contributed by atoms with E-state index >= 15 is 0 Å². The van der Waals surface area contributed by atoms with Crippen LogP contribution in [0.15, 0.2) is 23.1 Å². The van der Waals surface area contributed by atoms with E-state index in [9.17, 15) is 0 Å². The maximum absolute atomic E-state index is 3.69. The smallest absolute Gasteiger partial charge is 0.0251 e. The molecule has 106 valence electrons. The van der Waals surface area contributed by atoms with Gasteiger partial charge in [0.2, 0.25) is 0 Å². The summed E-state index contributed by atoms with van der Waals surface area (Å²) >= 11 is 2.09. The van der Waals surface area contributed by atoms with E-state index in [1.807, 2.05) is 0 Å². The molecule has 1 fully saturated rings. The molecule has 1 saturated carbocycles. The minimum atomic E-state index is 0.687. The lowest BCUT2D eigenvalue weighted by atomic mass is 9.87. The molecular formula is C17H27NS. The Hall–Kier alpha value is -0.470. The van der Waals surface area contributed by atoms with Crippen LogP contribution in [0.25, 0.3) is 0 Å². The van der Waals surface area contributed by atoms with Crippen LogP contribution < -0.4 is 5.32 Å². The molecule has 0 bridgehead atoms. The predicted molar refractivity (Wildman–Crippen MR) is 86.0 cm³/mol. The van der Waals surface area contributed by atoms with Gasteiger partial charge in [-0.15, -0.1) is 11.8 Å². The average Bonchev–Trinajstić information content (AvgIpc) is 2.36. The Morgan fingerprint density at radius 3 is 2.74 bits per heavy atom. The van der Waals surface area contributed by atoms with Crippen LogP contribution in [0.2, 0.25) is 0 Å². The third-order valence-electron chi connectivity index (χ3n) is 4.13. The molecule has 1 aromatic carbocycles. The summed E-state index contributed by atoms with van der Waals surface area (Å²) in [6, 6.07) is 7.53. The number of hydrogen-bond acceptors (Lipinski definition) is 2. The first-order valence-corrected chi connectivity index (χ1v) is 8.45. The zero-order valence-corrected chi connectivity index (χ0v) is 13.5. The predicted octanol–water partition coefficient (Wildman–Crippen LogP) is 4.56. The van der Waals surface area contributed by atoms with Crippen LogP contribution in [-0.4, -0.2) is 17.8 Å². The van der Waals surface area contributed by atoms with Crippen LogP contribution in [0, 0.1) is 19.8 Å². The van der Waals surface area contributed by atoms with Gasteiger partial charge in [-0.3, -0.25) is 0 Å². The zero-order chi connectivity index (χ0) is 13.8. The van der Waals surface area contributed by atoms with Crippen LogP contribution in [0.1, 0.15) is 44.2 Å². The second-order valence-corrected chi connectivity index (χ2v) is 7.29. The molecule has 2 heteroatoms. The van der Waals surface area contributed by atoms with Crippen LogP contribution in [-0.2, 0) is 0 Å².